The zero-order chi connectivity index (χ0) is 30.4. The fourth-order valence-electron chi connectivity index (χ4n) is 5.21. The van der Waals surface area contributed by atoms with E-state index < -0.39 is 11.6 Å². The summed E-state index contributed by atoms with van der Waals surface area (Å²) < 4.78 is 24.1. The smallest absolute Gasteiger partial charge is 0.266 e. The van der Waals surface area contributed by atoms with Crippen molar-refractivity contribution in [2.45, 2.75) is 31.0 Å². The molecule has 0 saturated carbocycles. The van der Waals surface area contributed by atoms with E-state index in [1.165, 1.54) is 0 Å². The molecule has 0 fully saturated rings. The van der Waals surface area contributed by atoms with E-state index in [-0.39, 0.29) is 19.3 Å². The predicted octanol–water partition coefficient (Wildman–Crippen LogP) is 5.26. The van der Waals surface area contributed by atoms with Crippen LogP contribution in [0.4, 0.5) is 0 Å². The van der Waals surface area contributed by atoms with Crippen molar-refractivity contribution in [3.63, 3.8) is 0 Å². The molecular formula is C34H32BrN3O6. The molecule has 0 bridgehead atoms. The van der Waals surface area contributed by atoms with Gasteiger partial charge in [-0.2, -0.15) is 0 Å². The zero-order valence-corrected chi connectivity index (χ0v) is 25.5. The molecule has 0 aromatic heterocycles. The van der Waals surface area contributed by atoms with Gasteiger partial charge in [-0.25, -0.2) is 10.4 Å². The van der Waals surface area contributed by atoms with Crippen LogP contribution in [0.2, 0.25) is 0 Å². The Balaban J connectivity index is 1.31. The molecule has 2 atom stereocenters. The highest BCUT2D eigenvalue weighted by Gasteiger charge is 2.53. The van der Waals surface area contributed by atoms with E-state index >= 15 is 0 Å². The maximum absolute atomic E-state index is 14.3. The van der Waals surface area contributed by atoms with Crippen LogP contribution in [0.1, 0.15) is 34.8 Å². The monoisotopic (exact) mass is 657 g/mol. The lowest BCUT2D eigenvalue weighted by atomic mass is 9.82. The lowest BCUT2D eigenvalue weighted by Crippen LogP contribution is -2.53. The maximum atomic E-state index is 14.3. The number of hydrogen-bond donors (Lipinski definition) is 3. The molecule has 4 aromatic rings. The first-order chi connectivity index (χ1) is 21.5. The van der Waals surface area contributed by atoms with Gasteiger partial charge in [-0.1, -0.05) is 64.5 Å². The average molecular weight is 659 g/mol. The Bertz CT molecular complexity index is 1610. The van der Waals surface area contributed by atoms with E-state index in [4.69, 9.17) is 29.0 Å². The van der Waals surface area contributed by atoms with Crippen LogP contribution in [-0.4, -0.2) is 42.5 Å². The number of hydrogen-bond acceptors (Lipinski definition) is 8. The summed E-state index contributed by atoms with van der Waals surface area (Å²) in [5.41, 5.74) is 8.09. The molecule has 0 unspecified atom stereocenters. The van der Waals surface area contributed by atoms with Crippen LogP contribution in [0.3, 0.4) is 0 Å². The number of aliphatic hydroxyl groups is 1. The Kier molecular flexibility index (Phi) is 9.11. The minimum Gasteiger partial charge on any atom is -0.494 e. The Labute approximate surface area is 263 Å². The van der Waals surface area contributed by atoms with Crippen LogP contribution in [0.5, 0.6) is 17.2 Å². The van der Waals surface area contributed by atoms with E-state index in [2.05, 4.69) is 26.8 Å². The molecule has 1 amide bonds. The molecule has 3 N–H and O–H groups in total. The minimum atomic E-state index is -1.33. The number of benzene rings is 4. The SMILES string of the molecule is O=C(NNCc1ccc2c(c1)OCO2)[C@@]1(Cc2ccc(Br)cc2)N=C(c2ccc(OCCCO)cc2)O[C@H]1c1ccccc1. The molecule has 10 heteroatoms. The first kappa shape index (κ1) is 29.7. The van der Waals surface area contributed by atoms with Crippen molar-refractivity contribution in [2.75, 3.05) is 20.0 Å². The molecule has 9 nitrogen and oxygen atoms in total. The summed E-state index contributed by atoms with van der Waals surface area (Å²) >= 11 is 3.51. The number of hydrazine groups is 1. The van der Waals surface area contributed by atoms with Gasteiger partial charge in [-0.3, -0.25) is 10.2 Å². The number of aliphatic imine (C=N–C) groups is 1. The van der Waals surface area contributed by atoms with Crippen molar-refractivity contribution in [1.82, 2.24) is 10.9 Å². The zero-order valence-electron chi connectivity index (χ0n) is 23.9. The molecule has 6 rings (SSSR count). The van der Waals surface area contributed by atoms with Crippen LogP contribution < -0.4 is 25.1 Å². The second-order valence-electron chi connectivity index (χ2n) is 10.5. The van der Waals surface area contributed by atoms with Gasteiger partial charge < -0.3 is 24.1 Å². The van der Waals surface area contributed by atoms with Crippen molar-refractivity contribution in [3.8, 4) is 17.2 Å². The number of nitrogens with one attached hydrogen (secondary N) is 2. The fourth-order valence-corrected chi connectivity index (χ4v) is 5.47. The first-order valence-electron chi connectivity index (χ1n) is 14.4. The Morgan fingerprint density at radius 2 is 1.70 bits per heavy atom. The van der Waals surface area contributed by atoms with Crippen LogP contribution in [-0.2, 0) is 22.5 Å². The summed E-state index contributed by atoms with van der Waals surface area (Å²) in [6.07, 6.45) is 0.144. The molecule has 2 aliphatic heterocycles. The summed E-state index contributed by atoms with van der Waals surface area (Å²) in [4.78, 5) is 19.4. The number of carbonyl (C=O) groups is 1. The second kappa shape index (κ2) is 13.5. The van der Waals surface area contributed by atoms with Gasteiger partial charge >= 0.3 is 0 Å². The topological polar surface area (TPSA) is 111 Å². The standard InChI is InChI=1S/C34H32BrN3O6/c35-27-12-7-23(8-13-27)20-34(33(40)38-36-21-24-9-16-29-30(19-24)43-22-42-29)31(25-5-2-1-3-6-25)44-32(37-34)26-10-14-28(15-11-26)41-18-4-17-39/h1-3,5-16,19,31,36,39H,4,17-18,20-22H2,(H,38,40)/t31-,34-/m0/s1. The largest absolute Gasteiger partial charge is 0.494 e. The lowest BCUT2D eigenvalue weighted by molar-refractivity contribution is -0.130. The normalized spacial score (nSPS) is 18.4. The van der Waals surface area contributed by atoms with Gasteiger partial charge in [0.05, 0.1) is 6.61 Å². The van der Waals surface area contributed by atoms with E-state index in [0.29, 0.717) is 49.1 Å². The van der Waals surface area contributed by atoms with Crippen LogP contribution in [0.25, 0.3) is 0 Å². The third-order valence-corrected chi connectivity index (χ3v) is 7.98. The van der Waals surface area contributed by atoms with Gasteiger partial charge in [-0.05, 0) is 65.2 Å². The van der Waals surface area contributed by atoms with Crippen molar-refractivity contribution in [2.24, 2.45) is 4.99 Å². The molecule has 2 aliphatic rings. The highest BCUT2D eigenvalue weighted by atomic mass is 79.9. The number of rotatable bonds is 12. The van der Waals surface area contributed by atoms with Crippen molar-refractivity contribution in [1.29, 1.82) is 0 Å². The highest BCUT2D eigenvalue weighted by Crippen LogP contribution is 2.42. The number of amides is 1. The Hall–Kier alpha value is -4.38. The molecule has 2 heterocycles. The lowest BCUT2D eigenvalue weighted by Gasteiger charge is -2.31. The maximum Gasteiger partial charge on any atom is 0.266 e. The van der Waals surface area contributed by atoms with E-state index in [1.54, 1.807) is 0 Å². The molecule has 226 valence electrons. The van der Waals surface area contributed by atoms with Crippen molar-refractivity contribution < 1.29 is 28.8 Å². The van der Waals surface area contributed by atoms with E-state index in [0.717, 1.165) is 26.7 Å². The summed E-state index contributed by atoms with van der Waals surface area (Å²) in [5.74, 6) is 2.09. The second-order valence-corrected chi connectivity index (χ2v) is 11.4. The molecule has 0 aliphatic carbocycles. The fraction of sp³-hybridized carbons (Fsp3) is 0.235. The van der Waals surface area contributed by atoms with E-state index in [9.17, 15) is 4.79 Å². The van der Waals surface area contributed by atoms with Crippen molar-refractivity contribution >= 4 is 27.7 Å². The predicted molar refractivity (Wildman–Crippen MR) is 169 cm³/mol. The number of halogens is 1. The summed E-state index contributed by atoms with van der Waals surface area (Å²) in [7, 11) is 0. The summed E-state index contributed by atoms with van der Waals surface area (Å²) in [6.45, 7) is 1.04. The highest BCUT2D eigenvalue weighted by molar-refractivity contribution is 9.10. The average Bonchev–Trinajstić information content (AvgIpc) is 3.68. The number of ether oxygens (including phenoxy) is 4. The Morgan fingerprint density at radius 1 is 0.955 bits per heavy atom. The summed E-state index contributed by atoms with van der Waals surface area (Å²) in [5, 5.41) is 9.05. The van der Waals surface area contributed by atoms with Gasteiger partial charge in [0.15, 0.2) is 23.1 Å². The van der Waals surface area contributed by atoms with Gasteiger partial charge in [0.2, 0.25) is 12.7 Å². The molecule has 4 aromatic carbocycles. The summed E-state index contributed by atoms with van der Waals surface area (Å²) in [6, 6.07) is 30.6. The third kappa shape index (κ3) is 6.57. The third-order valence-electron chi connectivity index (χ3n) is 7.45. The van der Waals surface area contributed by atoms with Gasteiger partial charge in [0, 0.05) is 36.0 Å². The van der Waals surface area contributed by atoms with Gasteiger partial charge in [0.25, 0.3) is 5.91 Å². The van der Waals surface area contributed by atoms with Gasteiger partial charge in [0.1, 0.15) is 5.75 Å². The molecule has 44 heavy (non-hydrogen) atoms. The molecular weight excluding hydrogens is 626 g/mol. The number of nitrogens with zero attached hydrogens (tertiary/aromatic N) is 1. The molecule has 0 spiro atoms. The Morgan fingerprint density at radius 3 is 2.48 bits per heavy atom. The number of fused-ring (bicyclic) bond motifs is 1. The van der Waals surface area contributed by atoms with Crippen LogP contribution >= 0.6 is 15.9 Å². The number of aliphatic hydroxyl groups excluding tert-OH is 1. The quantitative estimate of drug-likeness (QED) is 0.141. The first-order valence-corrected chi connectivity index (χ1v) is 15.2. The van der Waals surface area contributed by atoms with E-state index in [1.807, 2.05) is 97.1 Å². The molecule has 0 radical (unpaired) electrons. The number of carbonyl (C=O) groups excluding carboxylic acids is 1. The van der Waals surface area contributed by atoms with Crippen LogP contribution in [0.15, 0.2) is 107 Å². The van der Waals surface area contributed by atoms with Crippen LogP contribution in [0, 0.1) is 0 Å². The van der Waals surface area contributed by atoms with Crippen molar-refractivity contribution in [3.05, 3.63) is 124 Å². The van der Waals surface area contributed by atoms with Gasteiger partial charge in [-0.15, -0.1) is 0 Å². The molecule has 0 saturated heterocycles. The minimum absolute atomic E-state index is 0.0671.